The van der Waals surface area contributed by atoms with Crippen molar-refractivity contribution in [1.29, 1.82) is 0 Å². The van der Waals surface area contributed by atoms with E-state index < -0.39 is 0 Å². The first-order chi connectivity index (χ1) is 8.61. The number of aromatic nitrogens is 3. The van der Waals surface area contributed by atoms with E-state index in [9.17, 15) is 0 Å². The highest BCUT2D eigenvalue weighted by Crippen LogP contribution is 2.29. The lowest BCUT2D eigenvalue weighted by molar-refractivity contribution is 0.299. The summed E-state index contributed by atoms with van der Waals surface area (Å²) in [7, 11) is 0. The molecule has 0 aliphatic rings. The zero-order valence-corrected chi connectivity index (χ0v) is 12.7. The van der Waals surface area contributed by atoms with Crippen LogP contribution in [0.15, 0.2) is 0 Å². The van der Waals surface area contributed by atoms with E-state index in [2.05, 4.69) is 54.9 Å². The van der Waals surface area contributed by atoms with Gasteiger partial charge in [-0.3, -0.25) is 0 Å². The van der Waals surface area contributed by atoms with Gasteiger partial charge in [0.05, 0.1) is 6.61 Å². The molecule has 3 N–H and O–H groups in total. The number of anilines is 2. The zero-order chi connectivity index (χ0) is 14.7. The van der Waals surface area contributed by atoms with Crippen LogP contribution in [0, 0.1) is 5.41 Å². The molecule has 6 nitrogen and oxygen atoms in total. The van der Waals surface area contributed by atoms with E-state index in [1.807, 2.05) is 6.92 Å². The number of nitrogens with zero attached hydrogens (tertiary/aromatic N) is 3. The van der Waals surface area contributed by atoms with Gasteiger partial charge in [-0.15, -0.1) is 0 Å². The summed E-state index contributed by atoms with van der Waals surface area (Å²) in [6.45, 7) is 13.2. The number of nitrogens with one attached hydrogen (secondary N) is 1. The Morgan fingerprint density at radius 3 is 2.26 bits per heavy atom. The Hall–Kier alpha value is -1.59. The Morgan fingerprint density at radius 2 is 1.74 bits per heavy atom. The molecule has 0 aliphatic carbocycles. The maximum Gasteiger partial charge on any atom is 0.323 e. The van der Waals surface area contributed by atoms with Gasteiger partial charge in [-0.1, -0.05) is 20.8 Å². The van der Waals surface area contributed by atoms with Gasteiger partial charge in [-0.2, -0.15) is 15.0 Å². The third-order valence-corrected chi connectivity index (χ3v) is 2.33. The highest BCUT2D eigenvalue weighted by atomic mass is 16.5. The molecule has 1 aromatic rings. The fraction of sp³-hybridized carbons (Fsp3) is 0.769. The first kappa shape index (κ1) is 15.5. The van der Waals surface area contributed by atoms with Gasteiger partial charge >= 0.3 is 6.01 Å². The van der Waals surface area contributed by atoms with Gasteiger partial charge in [0, 0.05) is 5.54 Å². The second-order valence-electron chi connectivity index (χ2n) is 6.48. The van der Waals surface area contributed by atoms with Crippen molar-refractivity contribution in [1.82, 2.24) is 15.0 Å². The topological polar surface area (TPSA) is 86.0 Å². The largest absolute Gasteiger partial charge is 0.464 e. The fourth-order valence-corrected chi connectivity index (χ4v) is 2.29. The highest BCUT2D eigenvalue weighted by Gasteiger charge is 2.26. The molecule has 0 aliphatic heterocycles. The average Bonchev–Trinajstić information content (AvgIpc) is 2.10. The summed E-state index contributed by atoms with van der Waals surface area (Å²) in [6, 6.07) is 0.254. The Kier molecular flexibility index (Phi) is 4.55. The van der Waals surface area contributed by atoms with Crippen molar-refractivity contribution in [3.63, 3.8) is 0 Å². The van der Waals surface area contributed by atoms with Gasteiger partial charge in [0.15, 0.2) is 0 Å². The van der Waals surface area contributed by atoms with Gasteiger partial charge in [0.1, 0.15) is 0 Å². The number of rotatable bonds is 5. The van der Waals surface area contributed by atoms with Crippen LogP contribution in [0.2, 0.25) is 0 Å². The minimum absolute atomic E-state index is 0.143. The van der Waals surface area contributed by atoms with Gasteiger partial charge in [0.2, 0.25) is 11.9 Å². The highest BCUT2D eigenvalue weighted by molar-refractivity contribution is 5.35. The van der Waals surface area contributed by atoms with Gasteiger partial charge in [0.25, 0.3) is 0 Å². The van der Waals surface area contributed by atoms with Crippen LogP contribution in [-0.4, -0.2) is 27.1 Å². The van der Waals surface area contributed by atoms with Crippen LogP contribution in [-0.2, 0) is 0 Å². The lowest BCUT2D eigenvalue weighted by atomic mass is 9.82. The van der Waals surface area contributed by atoms with Crippen molar-refractivity contribution < 1.29 is 4.74 Å². The molecule has 0 atom stereocenters. The lowest BCUT2D eigenvalue weighted by Crippen LogP contribution is -2.36. The SMILES string of the molecule is CCOc1nc(N)nc(NC(C)(C)CC(C)(C)C)n1. The van der Waals surface area contributed by atoms with Crippen molar-refractivity contribution >= 4 is 11.9 Å². The van der Waals surface area contributed by atoms with Crippen LogP contribution in [0.4, 0.5) is 11.9 Å². The van der Waals surface area contributed by atoms with Crippen LogP contribution in [0.3, 0.4) is 0 Å². The fourth-order valence-electron chi connectivity index (χ4n) is 2.29. The third-order valence-electron chi connectivity index (χ3n) is 2.33. The van der Waals surface area contributed by atoms with Crippen molar-refractivity contribution in [2.24, 2.45) is 5.41 Å². The summed E-state index contributed by atoms with van der Waals surface area (Å²) in [6.07, 6.45) is 0.968. The summed E-state index contributed by atoms with van der Waals surface area (Å²) in [4.78, 5) is 12.2. The van der Waals surface area contributed by atoms with E-state index >= 15 is 0 Å². The second kappa shape index (κ2) is 5.59. The molecule has 6 heteroatoms. The van der Waals surface area contributed by atoms with Gasteiger partial charge in [-0.05, 0) is 32.6 Å². The summed E-state index contributed by atoms with van der Waals surface area (Å²) in [5.74, 6) is 0.609. The molecule has 0 saturated carbocycles. The van der Waals surface area contributed by atoms with Crippen molar-refractivity contribution in [2.75, 3.05) is 17.7 Å². The average molecular weight is 267 g/mol. The van der Waals surface area contributed by atoms with Crippen molar-refractivity contribution in [3.05, 3.63) is 0 Å². The van der Waals surface area contributed by atoms with Crippen LogP contribution in [0.1, 0.15) is 48.0 Å². The molecule has 0 fully saturated rings. The first-order valence-corrected chi connectivity index (χ1v) is 6.54. The Bertz CT molecular complexity index is 426. The van der Waals surface area contributed by atoms with Gasteiger partial charge in [-0.25, -0.2) is 0 Å². The molecular formula is C13H25N5O. The summed E-state index contributed by atoms with van der Waals surface area (Å²) >= 11 is 0. The smallest absolute Gasteiger partial charge is 0.323 e. The molecule has 0 saturated heterocycles. The number of nitrogens with two attached hydrogens (primary N) is 1. The van der Waals surface area contributed by atoms with E-state index in [1.165, 1.54) is 0 Å². The molecule has 0 spiro atoms. The molecule has 0 aromatic carbocycles. The van der Waals surface area contributed by atoms with E-state index in [0.29, 0.717) is 12.6 Å². The third kappa shape index (κ3) is 5.72. The minimum Gasteiger partial charge on any atom is -0.464 e. The number of hydrogen-bond donors (Lipinski definition) is 2. The Morgan fingerprint density at radius 1 is 1.11 bits per heavy atom. The molecule has 0 bridgehead atoms. The van der Waals surface area contributed by atoms with E-state index in [4.69, 9.17) is 10.5 Å². The predicted octanol–water partition coefficient (Wildman–Crippen LogP) is 2.48. The summed E-state index contributed by atoms with van der Waals surface area (Å²) < 4.78 is 5.26. The summed E-state index contributed by atoms with van der Waals surface area (Å²) in [5.41, 5.74) is 5.72. The molecule has 0 unspecified atom stereocenters. The standard InChI is InChI=1S/C13H25N5O/c1-7-19-11-16-9(14)15-10(17-11)18-13(5,6)8-12(2,3)4/h7-8H2,1-6H3,(H3,14,15,16,17,18). The number of nitrogen functional groups attached to an aromatic ring is 1. The maximum absolute atomic E-state index is 5.65. The molecular weight excluding hydrogens is 242 g/mol. The molecule has 0 radical (unpaired) electrons. The molecule has 1 aromatic heterocycles. The van der Waals surface area contributed by atoms with Crippen LogP contribution >= 0.6 is 0 Å². The van der Waals surface area contributed by atoms with E-state index in [0.717, 1.165) is 6.42 Å². The van der Waals surface area contributed by atoms with Crippen molar-refractivity contribution in [2.45, 2.75) is 53.5 Å². The van der Waals surface area contributed by atoms with Crippen LogP contribution in [0.25, 0.3) is 0 Å². The Labute approximate surface area is 115 Å². The number of ether oxygens (including phenoxy) is 1. The van der Waals surface area contributed by atoms with Crippen LogP contribution < -0.4 is 15.8 Å². The molecule has 1 heterocycles. The Balaban J connectivity index is 2.86. The molecule has 108 valence electrons. The molecule has 0 amide bonds. The quantitative estimate of drug-likeness (QED) is 0.852. The van der Waals surface area contributed by atoms with Gasteiger partial charge < -0.3 is 15.8 Å². The predicted molar refractivity (Wildman–Crippen MR) is 77.2 cm³/mol. The van der Waals surface area contributed by atoms with E-state index in [-0.39, 0.29) is 22.9 Å². The normalized spacial score (nSPS) is 12.3. The molecule has 19 heavy (non-hydrogen) atoms. The second-order valence-corrected chi connectivity index (χ2v) is 6.48. The van der Waals surface area contributed by atoms with Crippen molar-refractivity contribution in [3.8, 4) is 6.01 Å². The minimum atomic E-state index is -0.143. The number of hydrogen-bond acceptors (Lipinski definition) is 6. The lowest BCUT2D eigenvalue weighted by Gasteiger charge is -2.33. The monoisotopic (exact) mass is 267 g/mol. The van der Waals surface area contributed by atoms with Crippen LogP contribution in [0.5, 0.6) is 6.01 Å². The first-order valence-electron chi connectivity index (χ1n) is 6.54. The molecule has 1 rings (SSSR count). The zero-order valence-electron chi connectivity index (χ0n) is 12.7. The van der Waals surface area contributed by atoms with E-state index in [1.54, 1.807) is 0 Å². The summed E-state index contributed by atoms with van der Waals surface area (Å²) in [5, 5.41) is 3.29. The maximum atomic E-state index is 5.65.